The van der Waals surface area contributed by atoms with E-state index in [1.54, 1.807) is 31.4 Å². The molecule has 0 bridgehead atoms. The average molecular weight is 372 g/mol. The summed E-state index contributed by atoms with van der Waals surface area (Å²) in [7, 11) is 2.12. The molecule has 0 aromatic heterocycles. The van der Waals surface area contributed by atoms with Gasteiger partial charge in [0.1, 0.15) is 5.75 Å². The Bertz CT molecular complexity index is 630. The molecule has 142 valence electrons. The van der Waals surface area contributed by atoms with Gasteiger partial charge >= 0.3 is 0 Å². The number of ether oxygens (including phenoxy) is 1. The van der Waals surface area contributed by atoms with E-state index in [0.29, 0.717) is 30.8 Å². The first kappa shape index (κ1) is 21.2. The van der Waals surface area contributed by atoms with Crippen LogP contribution < -0.4 is 14.4 Å². The molecule has 25 heavy (non-hydrogen) atoms. The van der Waals surface area contributed by atoms with E-state index in [1.165, 1.54) is 10.6 Å². The Morgan fingerprint density at radius 2 is 1.76 bits per heavy atom. The lowest BCUT2D eigenvalue weighted by atomic mass is 10.2. The fourth-order valence-electron chi connectivity index (χ4n) is 2.33. The summed E-state index contributed by atoms with van der Waals surface area (Å²) in [6.45, 7) is 1.81. The van der Waals surface area contributed by atoms with Crippen LogP contribution in [-0.4, -0.2) is 66.3 Å². The molecule has 1 N–H and O–H groups in total. The van der Waals surface area contributed by atoms with Crippen LogP contribution in [-0.2, 0) is 14.8 Å². The molecular formula is C17H29N3O4S. The smallest absolute Gasteiger partial charge is 0.232 e. The van der Waals surface area contributed by atoms with Crippen molar-refractivity contribution in [3.8, 4) is 5.75 Å². The number of amides is 1. The van der Waals surface area contributed by atoms with Gasteiger partial charge in [-0.3, -0.25) is 9.10 Å². The van der Waals surface area contributed by atoms with Crippen molar-refractivity contribution in [2.45, 2.75) is 19.3 Å². The predicted molar refractivity (Wildman–Crippen MR) is 101 cm³/mol. The van der Waals surface area contributed by atoms with Crippen molar-refractivity contribution in [3.05, 3.63) is 24.3 Å². The van der Waals surface area contributed by atoms with E-state index in [9.17, 15) is 13.2 Å². The summed E-state index contributed by atoms with van der Waals surface area (Å²) < 4.78 is 30.4. The molecule has 0 heterocycles. The van der Waals surface area contributed by atoms with Crippen LogP contribution in [0, 0.1) is 0 Å². The zero-order chi connectivity index (χ0) is 18.9. The molecule has 1 rings (SSSR count). The third-order valence-electron chi connectivity index (χ3n) is 3.63. The molecule has 0 saturated heterocycles. The highest BCUT2D eigenvalue weighted by Gasteiger charge is 2.17. The number of anilines is 1. The van der Waals surface area contributed by atoms with E-state index in [-0.39, 0.29) is 12.5 Å². The molecule has 0 aliphatic carbocycles. The Labute approximate surface area is 151 Å². The largest absolute Gasteiger partial charge is 0.497 e. The minimum absolute atomic E-state index is 0.0538. The van der Waals surface area contributed by atoms with Crippen molar-refractivity contribution in [3.63, 3.8) is 0 Å². The standard InChI is InChI=1S/C17H29N3O4S/c1-19(2)13-6-12-18-17(21)7-5-14-20(25(4,22)23)15-8-10-16(24-3)11-9-15/h8-11H,5-7,12-14H2,1-4H3,(H,18,21). The minimum Gasteiger partial charge on any atom is -0.497 e. The summed E-state index contributed by atoms with van der Waals surface area (Å²) in [5.41, 5.74) is 0.565. The quantitative estimate of drug-likeness (QED) is 0.594. The zero-order valence-corrected chi connectivity index (χ0v) is 16.3. The molecule has 1 aromatic carbocycles. The van der Waals surface area contributed by atoms with E-state index in [1.807, 2.05) is 14.1 Å². The monoisotopic (exact) mass is 371 g/mol. The van der Waals surface area contributed by atoms with Crippen molar-refractivity contribution in [1.29, 1.82) is 0 Å². The van der Waals surface area contributed by atoms with Gasteiger partial charge in [0.25, 0.3) is 0 Å². The number of nitrogens with one attached hydrogen (secondary N) is 1. The molecule has 0 atom stereocenters. The Balaban J connectivity index is 2.50. The average Bonchev–Trinajstić information content (AvgIpc) is 2.54. The van der Waals surface area contributed by atoms with E-state index in [2.05, 4.69) is 10.2 Å². The second-order valence-electron chi connectivity index (χ2n) is 6.14. The van der Waals surface area contributed by atoms with Crippen molar-refractivity contribution in [1.82, 2.24) is 10.2 Å². The maximum Gasteiger partial charge on any atom is 0.232 e. The van der Waals surface area contributed by atoms with Crippen LogP contribution >= 0.6 is 0 Å². The number of benzene rings is 1. The Kier molecular flexibility index (Phi) is 8.71. The fraction of sp³-hybridized carbons (Fsp3) is 0.588. The van der Waals surface area contributed by atoms with Gasteiger partial charge in [0, 0.05) is 19.5 Å². The fourth-order valence-corrected chi connectivity index (χ4v) is 3.29. The lowest BCUT2D eigenvalue weighted by Crippen LogP contribution is -2.32. The van der Waals surface area contributed by atoms with Crippen molar-refractivity contribution in [2.24, 2.45) is 0 Å². The molecule has 0 spiro atoms. The van der Waals surface area contributed by atoms with E-state index < -0.39 is 10.0 Å². The highest BCUT2D eigenvalue weighted by molar-refractivity contribution is 7.92. The number of hydrogen-bond donors (Lipinski definition) is 1. The summed E-state index contributed by atoms with van der Waals surface area (Å²) in [5, 5.41) is 2.86. The third-order valence-corrected chi connectivity index (χ3v) is 4.82. The van der Waals surface area contributed by atoms with E-state index in [0.717, 1.165) is 13.0 Å². The number of sulfonamides is 1. The van der Waals surface area contributed by atoms with E-state index in [4.69, 9.17) is 4.74 Å². The second kappa shape index (κ2) is 10.2. The highest BCUT2D eigenvalue weighted by atomic mass is 32.2. The minimum atomic E-state index is -3.41. The van der Waals surface area contributed by atoms with Crippen LogP contribution in [0.4, 0.5) is 5.69 Å². The lowest BCUT2D eigenvalue weighted by molar-refractivity contribution is -0.121. The number of carbonyl (C=O) groups excluding carboxylic acids is 1. The van der Waals surface area contributed by atoms with Gasteiger partial charge in [0.15, 0.2) is 0 Å². The first-order valence-corrected chi connectivity index (χ1v) is 10.1. The van der Waals surface area contributed by atoms with Gasteiger partial charge < -0.3 is 15.0 Å². The van der Waals surface area contributed by atoms with Crippen LogP contribution in [0.3, 0.4) is 0 Å². The lowest BCUT2D eigenvalue weighted by Gasteiger charge is -2.22. The zero-order valence-electron chi connectivity index (χ0n) is 15.5. The maximum absolute atomic E-state index is 12.0. The molecular weight excluding hydrogens is 342 g/mol. The van der Waals surface area contributed by atoms with Crippen molar-refractivity contribution < 1.29 is 17.9 Å². The number of carbonyl (C=O) groups is 1. The van der Waals surface area contributed by atoms with Gasteiger partial charge in [-0.15, -0.1) is 0 Å². The highest BCUT2D eigenvalue weighted by Crippen LogP contribution is 2.21. The maximum atomic E-state index is 12.0. The summed E-state index contributed by atoms with van der Waals surface area (Å²) in [6.07, 6.45) is 2.81. The topological polar surface area (TPSA) is 79.0 Å². The molecule has 7 nitrogen and oxygen atoms in total. The van der Waals surface area contributed by atoms with Crippen molar-refractivity contribution in [2.75, 3.05) is 51.4 Å². The molecule has 0 unspecified atom stereocenters. The van der Waals surface area contributed by atoms with Crippen LogP contribution in [0.25, 0.3) is 0 Å². The SMILES string of the molecule is COc1ccc(N(CCCC(=O)NCCCN(C)C)S(C)(=O)=O)cc1. The molecule has 8 heteroatoms. The summed E-state index contributed by atoms with van der Waals surface area (Å²) in [6, 6.07) is 6.82. The van der Waals surface area contributed by atoms with Gasteiger partial charge in [-0.05, 0) is 57.7 Å². The second-order valence-corrected chi connectivity index (χ2v) is 8.05. The summed E-state index contributed by atoms with van der Waals surface area (Å²) >= 11 is 0. The first-order chi connectivity index (χ1) is 11.7. The predicted octanol–water partition coefficient (Wildman–Crippen LogP) is 1.31. The number of hydrogen-bond acceptors (Lipinski definition) is 5. The Hall–Kier alpha value is -1.80. The van der Waals surface area contributed by atoms with Crippen molar-refractivity contribution >= 4 is 21.6 Å². The molecule has 0 aliphatic heterocycles. The van der Waals surface area contributed by atoms with Gasteiger partial charge in [0.2, 0.25) is 15.9 Å². The molecule has 0 aliphatic rings. The van der Waals surface area contributed by atoms with Crippen LogP contribution in [0.2, 0.25) is 0 Å². The Morgan fingerprint density at radius 3 is 2.28 bits per heavy atom. The summed E-state index contributed by atoms with van der Waals surface area (Å²) in [4.78, 5) is 13.9. The van der Waals surface area contributed by atoms with Crippen LogP contribution in [0.15, 0.2) is 24.3 Å². The van der Waals surface area contributed by atoms with Crippen LogP contribution in [0.5, 0.6) is 5.75 Å². The molecule has 0 radical (unpaired) electrons. The Morgan fingerprint density at radius 1 is 1.12 bits per heavy atom. The third kappa shape index (κ3) is 8.22. The molecule has 1 amide bonds. The molecule has 1 aromatic rings. The van der Waals surface area contributed by atoms with Crippen LogP contribution in [0.1, 0.15) is 19.3 Å². The first-order valence-electron chi connectivity index (χ1n) is 8.27. The van der Waals surface area contributed by atoms with E-state index >= 15 is 0 Å². The molecule has 0 fully saturated rings. The summed E-state index contributed by atoms with van der Waals surface area (Å²) in [5.74, 6) is 0.608. The number of methoxy groups -OCH3 is 1. The van der Waals surface area contributed by atoms with Gasteiger partial charge in [-0.25, -0.2) is 8.42 Å². The number of rotatable bonds is 11. The van der Waals surface area contributed by atoms with Gasteiger partial charge in [0.05, 0.1) is 19.1 Å². The van der Waals surface area contributed by atoms with Gasteiger partial charge in [-0.1, -0.05) is 0 Å². The van der Waals surface area contributed by atoms with Gasteiger partial charge in [-0.2, -0.15) is 0 Å². The number of nitrogens with zero attached hydrogens (tertiary/aromatic N) is 2. The molecule has 0 saturated carbocycles. The normalized spacial score (nSPS) is 11.4.